The van der Waals surface area contributed by atoms with Crippen LogP contribution in [0, 0.1) is 6.92 Å². The van der Waals surface area contributed by atoms with Crippen LogP contribution >= 0.6 is 11.9 Å². The van der Waals surface area contributed by atoms with Gasteiger partial charge in [0.05, 0.1) is 5.56 Å². The summed E-state index contributed by atoms with van der Waals surface area (Å²) in [6.07, 6.45) is -1.25. The Labute approximate surface area is 237 Å². The van der Waals surface area contributed by atoms with Crippen molar-refractivity contribution in [2.75, 3.05) is 56.0 Å². The number of halogens is 3. The molecule has 7 nitrogen and oxygen atoms in total. The molecule has 0 atom stereocenters. The van der Waals surface area contributed by atoms with Gasteiger partial charge < -0.3 is 21.3 Å². The molecule has 1 aromatic heterocycles. The van der Waals surface area contributed by atoms with E-state index in [1.807, 2.05) is 53.4 Å². The highest BCUT2D eigenvalue weighted by atomic mass is 32.2. The largest absolute Gasteiger partial charge is 0.416 e. The molecule has 0 spiro atoms. The number of aryl methyl sites for hydroxylation is 1. The summed E-state index contributed by atoms with van der Waals surface area (Å²) in [5, 5.41) is 6.29. The zero-order valence-electron chi connectivity index (χ0n) is 22.5. The predicted molar refractivity (Wildman–Crippen MR) is 155 cm³/mol. The number of hydrogen-bond donors (Lipinski definition) is 3. The summed E-state index contributed by atoms with van der Waals surface area (Å²) < 4.78 is 42.0. The van der Waals surface area contributed by atoms with Crippen LogP contribution in [-0.2, 0) is 12.6 Å². The van der Waals surface area contributed by atoms with E-state index in [4.69, 9.17) is 5.73 Å². The number of carbonyl (C=O) groups is 1. The molecule has 1 amide bonds. The van der Waals surface area contributed by atoms with Crippen molar-refractivity contribution in [2.24, 2.45) is 5.73 Å². The van der Waals surface area contributed by atoms with E-state index in [2.05, 4.69) is 19.9 Å². The van der Waals surface area contributed by atoms with E-state index in [9.17, 15) is 18.0 Å². The Balaban J connectivity index is 1.23. The molecule has 1 aliphatic heterocycles. The van der Waals surface area contributed by atoms with Crippen molar-refractivity contribution in [3.8, 4) is 0 Å². The zero-order chi connectivity index (χ0) is 28.5. The van der Waals surface area contributed by atoms with Gasteiger partial charge in [0.1, 0.15) is 5.82 Å². The first-order chi connectivity index (χ1) is 19.2. The van der Waals surface area contributed by atoms with Crippen LogP contribution in [0.5, 0.6) is 0 Å². The van der Waals surface area contributed by atoms with Crippen LogP contribution in [0.25, 0.3) is 0 Å². The first-order valence-corrected chi connectivity index (χ1v) is 14.1. The van der Waals surface area contributed by atoms with Gasteiger partial charge in [-0.05, 0) is 105 Å². The van der Waals surface area contributed by atoms with E-state index >= 15 is 0 Å². The molecule has 1 saturated heterocycles. The van der Waals surface area contributed by atoms with E-state index in [0.717, 1.165) is 36.9 Å². The molecule has 0 unspecified atom stereocenters. The predicted octanol–water partition coefficient (Wildman–Crippen LogP) is 4.97. The van der Waals surface area contributed by atoms with Crippen molar-refractivity contribution in [2.45, 2.75) is 30.8 Å². The molecule has 1 aliphatic rings. The molecule has 4 rings (SSSR count). The Morgan fingerprint density at radius 1 is 1.02 bits per heavy atom. The highest BCUT2D eigenvalue weighted by molar-refractivity contribution is 7.97. The lowest BCUT2D eigenvalue weighted by atomic mass is 10.1. The number of hydrogen-bond acceptors (Lipinski definition) is 7. The van der Waals surface area contributed by atoms with Crippen LogP contribution in [0.15, 0.2) is 65.7 Å². The lowest BCUT2D eigenvalue weighted by Crippen LogP contribution is -2.43. The van der Waals surface area contributed by atoms with Crippen molar-refractivity contribution in [1.82, 2.24) is 14.6 Å². The fraction of sp³-hybridized carbons (Fsp3) is 0.379. The third kappa shape index (κ3) is 8.44. The average molecular weight is 573 g/mol. The SMILES string of the molecule is Cc1cnc(N2CCN(Sc3ccc(NC(=O)c4ccc(CCNCCCN)cc4)cc3)CC2)cc1C(F)(F)F. The van der Waals surface area contributed by atoms with Crippen molar-refractivity contribution < 1.29 is 18.0 Å². The Hall–Kier alpha value is -3.12. The normalized spacial score (nSPS) is 14.4. The van der Waals surface area contributed by atoms with Crippen molar-refractivity contribution >= 4 is 29.4 Å². The molecule has 2 aromatic carbocycles. The number of pyridine rings is 1. The van der Waals surface area contributed by atoms with Gasteiger partial charge in [-0.1, -0.05) is 12.1 Å². The second-order valence-electron chi connectivity index (χ2n) is 9.68. The maximum Gasteiger partial charge on any atom is 0.416 e. The van der Waals surface area contributed by atoms with Crippen LogP contribution in [0.4, 0.5) is 24.7 Å². The highest BCUT2D eigenvalue weighted by Crippen LogP contribution is 2.34. The minimum absolute atomic E-state index is 0.126. The van der Waals surface area contributed by atoms with Crippen molar-refractivity contribution in [3.05, 3.63) is 83.0 Å². The van der Waals surface area contributed by atoms with Gasteiger partial charge >= 0.3 is 6.18 Å². The van der Waals surface area contributed by atoms with E-state index in [-0.39, 0.29) is 11.5 Å². The second-order valence-corrected chi connectivity index (χ2v) is 10.9. The van der Waals surface area contributed by atoms with Gasteiger partial charge in [-0.25, -0.2) is 9.29 Å². The van der Waals surface area contributed by atoms with Crippen LogP contribution < -0.4 is 21.3 Å². The Morgan fingerprint density at radius 2 is 1.73 bits per heavy atom. The van der Waals surface area contributed by atoms with Crippen LogP contribution in [0.2, 0.25) is 0 Å². The first-order valence-electron chi connectivity index (χ1n) is 13.4. The number of aromatic nitrogens is 1. The fourth-order valence-corrected chi connectivity index (χ4v) is 5.26. The molecule has 0 bridgehead atoms. The van der Waals surface area contributed by atoms with Gasteiger partial charge in [-0.2, -0.15) is 13.2 Å². The van der Waals surface area contributed by atoms with Gasteiger partial charge in [0.25, 0.3) is 5.91 Å². The Kier molecular flexibility index (Phi) is 10.4. The molecule has 214 valence electrons. The smallest absolute Gasteiger partial charge is 0.354 e. The minimum atomic E-state index is -4.39. The van der Waals surface area contributed by atoms with Crippen molar-refractivity contribution in [1.29, 1.82) is 0 Å². The fourth-order valence-electron chi connectivity index (χ4n) is 4.36. The number of benzene rings is 2. The number of anilines is 2. The quantitative estimate of drug-likeness (QED) is 0.221. The summed E-state index contributed by atoms with van der Waals surface area (Å²) in [5.74, 6) is 0.190. The van der Waals surface area contributed by atoms with Gasteiger partial charge in [-0.15, -0.1) is 0 Å². The molecule has 0 saturated carbocycles. The van der Waals surface area contributed by atoms with Gasteiger partial charge in [0.2, 0.25) is 0 Å². The zero-order valence-corrected chi connectivity index (χ0v) is 23.3. The molecule has 2 heterocycles. The standard InChI is InChI=1S/C29H35F3N6OS/c1-21-20-35-27(19-26(21)29(30,31)32)37-15-17-38(18-16-37)40-25-9-7-24(8-10-25)36-28(39)23-5-3-22(4-6-23)11-14-34-13-2-12-33/h3-10,19-20,34H,2,11-18,33H2,1H3,(H,36,39). The van der Waals surface area contributed by atoms with E-state index in [0.29, 0.717) is 49.8 Å². The second kappa shape index (κ2) is 14.0. The van der Waals surface area contributed by atoms with Gasteiger partial charge in [0, 0.05) is 48.5 Å². The molecule has 0 aliphatic carbocycles. The summed E-state index contributed by atoms with van der Waals surface area (Å²) >= 11 is 1.59. The van der Waals surface area contributed by atoms with Gasteiger partial charge in [-0.3, -0.25) is 4.79 Å². The third-order valence-electron chi connectivity index (χ3n) is 6.67. The topological polar surface area (TPSA) is 86.5 Å². The lowest BCUT2D eigenvalue weighted by Gasteiger charge is -2.34. The Bertz CT molecular complexity index is 1250. The number of piperazine rings is 1. The molecule has 3 aromatic rings. The summed E-state index contributed by atoms with van der Waals surface area (Å²) in [7, 11) is 0. The number of alkyl halides is 3. The summed E-state index contributed by atoms with van der Waals surface area (Å²) in [4.78, 5) is 19.8. The maximum absolute atomic E-state index is 13.3. The minimum Gasteiger partial charge on any atom is -0.354 e. The van der Waals surface area contributed by atoms with E-state index in [1.165, 1.54) is 18.7 Å². The molecular formula is C29H35F3N6OS. The van der Waals surface area contributed by atoms with E-state index < -0.39 is 11.7 Å². The molecule has 0 radical (unpaired) electrons. The summed E-state index contributed by atoms with van der Waals surface area (Å²) in [6.45, 7) is 6.41. The maximum atomic E-state index is 13.3. The van der Waals surface area contributed by atoms with Crippen LogP contribution in [0.1, 0.15) is 33.5 Å². The molecule has 4 N–H and O–H groups in total. The molecule has 1 fully saturated rings. The monoisotopic (exact) mass is 572 g/mol. The number of carbonyl (C=O) groups excluding carboxylic acids is 1. The number of rotatable bonds is 11. The van der Waals surface area contributed by atoms with E-state index in [1.54, 1.807) is 11.9 Å². The van der Waals surface area contributed by atoms with Crippen molar-refractivity contribution in [3.63, 3.8) is 0 Å². The molecular weight excluding hydrogens is 537 g/mol. The first kappa shape index (κ1) is 29.9. The molecule has 40 heavy (non-hydrogen) atoms. The number of amides is 1. The lowest BCUT2D eigenvalue weighted by molar-refractivity contribution is -0.138. The number of nitrogens with one attached hydrogen (secondary N) is 2. The van der Waals surface area contributed by atoms with Gasteiger partial charge in [0.15, 0.2) is 0 Å². The molecule has 11 heteroatoms. The number of nitrogens with two attached hydrogens (primary N) is 1. The summed E-state index contributed by atoms with van der Waals surface area (Å²) in [5.41, 5.74) is 7.46. The average Bonchev–Trinajstić information content (AvgIpc) is 2.94. The summed E-state index contributed by atoms with van der Waals surface area (Å²) in [6, 6.07) is 16.4. The van der Waals surface area contributed by atoms with Crippen LogP contribution in [-0.4, -0.2) is 61.0 Å². The number of nitrogens with zero attached hydrogens (tertiary/aromatic N) is 3. The highest BCUT2D eigenvalue weighted by Gasteiger charge is 2.33. The van der Waals surface area contributed by atoms with Crippen LogP contribution in [0.3, 0.4) is 0 Å². The third-order valence-corrected chi connectivity index (χ3v) is 7.77. The Morgan fingerprint density at radius 3 is 2.38 bits per heavy atom.